The lowest BCUT2D eigenvalue weighted by Crippen LogP contribution is -2.28. The van der Waals surface area contributed by atoms with Gasteiger partial charge in [0.2, 0.25) is 0 Å². The number of rotatable bonds is 7. The number of aromatic nitrogens is 1. The molecule has 2 aromatic carbocycles. The van der Waals surface area contributed by atoms with Gasteiger partial charge in [0.25, 0.3) is 0 Å². The lowest BCUT2D eigenvalue weighted by atomic mass is 10.1. The van der Waals surface area contributed by atoms with Gasteiger partial charge in [-0.15, -0.1) is 0 Å². The van der Waals surface area contributed by atoms with Gasteiger partial charge in [0.05, 0.1) is 0 Å². The van der Waals surface area contributed by atoms with Gasteiger partial charge >= 0.3 is 0 Å². The van der Waals surface area contributed by atoms with Crippen molar-refractivity contribution in [3.63, 3.8) is 0 Å². The highest BCUT2D eigenvalue weighted by Crippen LogP contribution is 2.30. The maximum atomic E-state index is 8.63. The van der Waals surface area contributed by atoms with Gasteiger partial charge in [0.1, 0.15) is 12.4 Å². The Kier molecular flexibility index (Phi) is 4.43. The number of hydrogen-bond donors (Lipinski definition) is 1. The zero-order valence-electron chi connectivity index (χ0n) is 16.5. The fourth-order valence-corrected chi connectivity index (χ4v) is 2.54. The highest BCUT2D eigenvalue weighted by molar-refractivity contribution is 5.89. The number of ether oxygens (including phenoxy) is 1. The third-order valence-corrected chi connectivity index (χ3v) is 4.31. The number of H-pyrrole nitrogens is 1. The van der Waals surface area contributed by atoms with Gasteiger partial charge in [-0.2, -0.15) is 0 Å². The first-order chi connectivity index (χ1) is 12.4. The van der Waals surface area contributed by atoms with Crippen molar-refractivity contribution in [2.75, 3.05) is 13.6 Å². The van der Waals surface area contributed by atoms with Crippen molar-refractivity contribution in [3.05, 3.63) is 65.9 Å². The Bertz CT molecular complexity index is 859. The topological polar surface area (TPSA) is 28.3 Å². The summed E-state index contributed by atoms with van der Waals surface area (Å²) in [5.74, 6) is 0.707. The third-order valence-electron chi connectivity index (χ3n) is 4.31. The summed E-state index contributed by atoms with van der Waals surface area (Å²) in [5.41, 5.74) is 2.62. The fourth-order valence-electron chi connectivity index (χ4n) is 2.54. The summed E-state index contributed by atoms with van der Waals surface area (Å²) in [7, 11) is 1.95. The summed E-state index contributed by atoms with van der Waals surface area (Å²) in [4.78, 5) is 5.22. The van der Waals surface area contributed by atoms with Crippen LogP contribution in [0.2, 0.25) is 0 Å². The van der Waals surface area contributed by atoms with E-state index in [1.54, 1.807) is 6.20 Å². The minimum Gasteiger partial charge on any atom is -0.488 e. The van der Waals surface area contributed by atoms with Crippen LogP contribution in [0.15, 0.2) is 54.7 Å². The maximum absolute atomic E-state index is 8.63. The van der Waals surface area contributed by atoms with Crippen LogP contribution in [-0.4, -0.2) is 29.5 Å². The van der Waals surface area contributed by atoms with Gasteiger partial charge in [0, 0.05) is 32.4 Å². The Labute approximate surface area is 147 Å². The van der Waals surface area contributed by atoms with E-state index < -0.39 is 6.37 Å². The smallest absolute Gasteiger partial charge is 0.129 e. The number of hydrogen-bond acceptors (Lipinski definition) is 2. The van der Waals surface area contributed by atoms with E-state index in [9.17, 15) is 0 Å². The van der Waals surface area contributed by atoms with Crippen LogP contribution in [0.4, 0.5) is 0 Å². The molecule has 3 heteroatoms. The molecule has 1 aromatic heterocycles. The standard InChI is InChI=1S/C21H26N2O/c1-16(2)23(3)13-12-18-14-22-19-10-7-11-20(21(18)19)24-15-17-8-5-4-6-9-17/h4-11,14,16,22H,12-13,15H2,1-3H3/i12D2. The molecule has 0 aliphatic heterocycles. The Morgan fingerprint density at radius 1 is 1.12 bits per heavy atom. The van der Waals surface area contributed by atoms with Crippen LogP contribution in [0.1, 0.15) is 27.7 Å². The zero-order valence-corrected chi connectivity index (χ0v) is 14.5. The minimum atomic E-state index is -1.48. The third kappa shape index (κ3) is 3.80. The maximum Gasteiger partial charge on any atom is 0.129 e. The molecule has 126 valence electrons. The van der Waals surface area contributed by atoms with Crippen molar-refractivity contribution >= 4 is 10.9 Å². The van der Waals surface area contributed by atoms with Gasteiger partial charge in [0.15, 0.2) is 0 Å². The first kappa shape index (κ1) is 14.1. The SMILES string of the molecule is [2H]C([2H])(CN(C)C(C)C)c1c[nH]c2cccc(OCc3ccccc3)c12. The molecule has 0 unspecified atom stereocenters. The van der Waals surface area contributed by atoms with Gasteiger partial charge in [-0.05, 0) is 50.5 Å². The predicted molar refractivity (Wildman–Crippen MR) is 101 cm³/mol. The monoisotopic (exact) mass is 324 g/mol. The lowest BCUT2D eigenvalue weighted by molar-refractivity contribution is 0.277. The second-order valence-corrected chi connectivity index (χ2v) is 6.34. The van der Waals surface area contributed by atoms with Crippen LogP contribution in [0.25, 0.3) is 10.9 Å². The number of aromatic amines is 1. The summed E-state index contributed by atoms with van der Waals surface area (Å²) < 4.78 is 23.3. The van der Waals surface area contributed by atoms with Crippen LogP contribution < -0.4 is 4.74 Å². The molecule has 1 heterocycles. The molecule has 0 fully saturated rings. The van der Waals surface area contributed by atoms with Gasteiger partial charge < -0.3 is 14.6 Å². The van der Waals surface area contributed by atoms with Gasteiger partial charge in [-0.25, -0.2) is 0 Å². The molecule has 24 heavy (non-hydrogen) atoms. The number of likely N-dealkylation sites (N-methyl/N-ethyl adjacent to an activating group) is 1. The van der Waals surface area contributed by atoms with E-state index in [1.165, 1.54) is 0 Å². The molecule has 0 amide bonds. The van der Waals surface area contributed by atoms with Crippen molar-refractivity contribution < 1.29 is 7.48 Å². The van der Waals surface area contributed by atoms with Crippen molar-refractivity contribution in [2.24, 2.45) is 0 Å². The summed E-state index contributed by atoms with van der Waals surface area (Å²) in [5, 5.41) is 0.825. The van der Waals surface area contributed by atoms with Gasteiger partial charge in [-0.1, -0.05) is 36.4 Å². The Morgan fingerprint density at radius 3 is 2.67 bits per heavy atom. The second-order valence-electron chi connectivity index (χ2n) is 6.34. The number of nitrogens with zero attached hydrogens (tertiary/aromatic N) is 1. The van der Waals surface area contributed by atoms with Crippen molar-refractivity contribution in [1.29, 1.82) is 0 Å². The largest absolute Gasteiger partial charge is 0.488 e. The zero-order chi connectivity index (χ0) is 18.7. The Morgan fingerprint density at radius 2 is 1.92 bits per heavy atom. The van der Waals surface area contributed by atoms with E-state index in [4.69, 9.17) is 7.48 Å². The molecule has 0 radical (unpaired) electrons. The average molecular weight is 324 g/mol. The van der Waals surface area contributed by atoms with Crippen molar-refractivity contribution in [3.8, 4) is 5.75 Å². The van der Waals surface area contributed by atoms with Crippen LogP contribution in [0, 0.1) is 0 Å². The molecule has 0 aliphatic rings. The van der Waals surface area contributed by atoms with Crippen LogP contribution in [0.3, 0.4) is 0 Å². The van der Waals surface area contributed by atoms with Crippen LogP contribution in [0.5, 0.6) is 5.75 Å². The van der Waals surface area contributed by atoms with E-state index in [-0.39, 0.29) is 6.04 Å². The number of fused-ring (bicyclic) bond motifs is 1. The molecular formula is C21H26N2O. The second kappa shape index (κ2) is 7.54. The number of nitrogens with one attached hydrogen (secondary N) is 1. The molecule has 3 rings (SSSR count). The van der Waals surface area contributed by atoms with E-state index in [2.05, 4.69) is 18.8 Å². The highest BCUT2D eigenvalue weighted by Gasteiger charge is 2.11. The first-order valence-electron chi connectivity index (χ1n) is 9.36. The van der Waals surface area contributed by atoms with E-state index >= 15 is 0 Å². The molecule has 0 saturated heterocycles. The van der Waals surface area contributed by atoms with Crippen molar-refractivity contribution in [1.82, 2.24) is 9.88 Å². The van der Waals surface area contributed by atoms with Crippen LogP contribution in [-0.2, 0) is 13.0 Å². The van der Waals surface area contributed by atoms with E-state index in [1.807, 2.05) is 60.5 Å². The molecule has 0 bridgehead atoms. The summed E-state index contributed by atoms with van der Waals surface area (Å²) in [6, 6.07) is 16.1. The van der Waals surface area contributed by atoms with Crippen LogP contribution >= 0.6 is 0 Å². The fraction of sp³-hybridized carbons (Fsp3) is 0.333. The van der Waals surface area contributed by atoms with Crippen molar-refractivity contribution in [2.45, 2.75) is 32.9 Å². The van der Waals surface area contributed by atoms with E-state index in [0.717, 1.165) is 16.5 Å². The predicted octanol–water partition coefficient (Wildman–Crippen LogP) is 4.63. The van der Waals surface area contributed by atoms with E-state index in [0.29, 0.717) is 24.5 Å². The molecular weight excluding hydrogens is 296 g/mol. The molecule has 3 nitrogen and oxygen atoms in total. The Hall–Kier alpha value is -2.26. The molecule has 0 atom stereocenters. The van der Waals surface area contributed by atoms with Gasteiger partial charge in [-0.3, -0.25) is 0 Å². The molecule has 1 N–H and O–H groups in total. The number of benzene rings is 2. The molecule has 0 saturated carbocycles. The molecule has 0 aliphatic carbocycles. The minimum absolute atomic E-state index is 0.282. The normalized spacial score (nSPS) is 13.4. The summed E-state index contributed by atoms with van der Waals surface area (Å²) >= 11 is 0. The molecule has 0 spiro atoms. The first-order valence-corrected chi connectivity index (χ1v) is 8.36. The summed E-state index contributed by atoms with van der Waals surface area (Å²) in [6.45, 7) is 4.92. The summed E-state index contributed by atoms with van der Waals surface area (Å²) in [6.07, 6.45) is 0.289. The molecule has 3 aromatic rings. The average Bonchev–Trinajstić information content (AvgIpc) is 3.06. The Balaban J connectivity index is 1.92. The quantitative estimate of drug-likeness (QED) is 0.686. The lowest BCUT2D eigenvalue weighted by Gasteiger charge is -2.20. The highest BCUT2D eigenvalue weighted by atomic mass is 16.5.